The zero-order valence-electron chi connectivity index (χ0n) is 12.2. The lowest BCUT2D eigenvalue weighted by Gasteiger charge is -2.07. The summed E-state index contributed by atoms with van der Waals surface area (Å²) in [5.41, 5.74) is 1.03. The van der Waals surface area contributed by atoms with Crippen molar-refractivity contribution in [3.8, 4) is 0 Å². The van der Waals surface area contributed by atoms with E-state index in [0.717, 1.165) is 6.29 Å². The molecule has 0 atom stereocenters. The Labute approximate surface area is 129 Å². The Hall–Kier alpha value is -2.25. The number of hydrogen-bond acceptors (Lipinski definition) is 5. The van der Waals surface area contributed by atoms with Gasteiger partial charge in [-0.05, 0) is 12.1 Å². The Kier molecular flexibility index (Phi) is 9.24. The van der Waals surface area contributed by atoms with Gasteiger partial charge in [-0.15, -0.1) is 0 Å². The van der Waals surface area contributed by atoms with Crippen molar-refractivity contribution in [2.24, 2.45) is 0 Å². The minimum Gasteiger partial charge on any atom is -0.377 e. The molecule has 7 nitrogen and oxygen atoms in total. The van der Waals surface area contributed by atoms with Crippen molar-refractivity contribution in [1.82, 2.24) is 10.6 Å². The summed E-state index contributed by atoms with van der Waals surface area (Å²) in [6.07, 6.45) is 1.35. The van der Waals surface area contributed by atoms with Crippen LogP contribution in [0.25, 0.3) is 0 Å². The van der Waals surface area contributed by atoms with E-state index < -0.39 is 0 Å². The minimum absolute atomic E-state index is 0.211. The first kappa shape index (κ1) is 17.8. The topological polar surface area (TPSA) is 93.7 Å². The molecule has 0 aliphatic heterocycles. The average molecular weight is 308 g/mol. The number of benzene rings is 1. The molecule has 2 N–H and O–H groups in total. The van der Waals surface area contributed by atoms with E-state index in [1.165, 1.54) is 0 Å². The van der Waals surface area contributed by atoms with Gasteiger partial charge in [-0.25, -0.2) is 0 Å². The molecule has 22 heavy (non-hydrogen) atoms. The van der Waals surface area contributed by atoms with Gasteiger partial charge >= 0.3 is 0 Å². The van der Waals surface area contributed by atoms with Crippen LogP contribution in [0.5, 0.6) is 0 Å². The molecular weight excluding hydrogens is 288 g/mol. The molecule has 120 valence electrons. The summed E-state index contributed by atoms with van der Waals surface area (Å²) in [5, 5.41) is 5.19. The third-order valence-corrected chi connectivity index (χ3v) is 2.69. The van der Waals surface area contributed by atoms with E-state index in [1.54, 1.807) is 24.3 Å². The van der Waals surface area contributed by atoms with Gasteiger partial charge < -0.3 is 20.1 Å². The first-order chi connectivity index (χ1) is 10.8. The van der Waals surface area contributed by atoms with E-state index in [0.29, 0.717) is 57.1 Å². The Bertz CT molecular complexity index is 462. The van der Waals surface area contributed by atoms with Gasteiger partial charge in [0.05, 0.1) is 26.4 Å². The highest BCUT2D eigenvalue weighted by Gasteiger charge is 2.04. The van der Waals surface area contributed by atoms with Crippen LogP contribution in [0.4, 0.5) is 0 Å². The molecule has 0 heterocycles. The Morgan fingerprint density at radius 2 is 1.59 bits per heavy atom. The van der Waals surface area contributed by atoms with Crippen LogP contribution in [0.1, 0.15) is 20.7 Å². The maximum absolute atomic E-state index is 11.8. The predicted molar refractivity (Wildman–Crippen MR) is 79.9 cm³/mol. The van der Waals surface area contributed by atoms with Gasteiger partial charge in [0.15, 0.2) is 0 Å². The van der Waals surface area contributed by atoms with Gasteiger partial charge in [0.25, 0.3) is 5.91 Å². The number of aldehydes is 1. The summed E-state index contributed by atoms with van der Waals surface area (Å²) in [7, 11) is 0. The summed E-state index contributed by atoms with van der Waals surface area (Å²) >= 11 is 0. The van der Waals surface area contributed by atoms with E-state index in [4.69, 9.17) is 9.47 Å². The molecule has 0 spiro atoms. The number of ether oxygens (including phenoxy) is 2. The smallest absolute Gasteiger partial charge is 0.251 e. The molecule has 1 aromatic carbocycles. The number of carbonyl (C=O) groups excluding carboxylic acids is 3. The summed E-state index contributed by atoms with van der Waals surface area (Å²) in [5.74, 6) is -0.211. The Morgan fingerprint density at radius 1 is 0.955 bits per heavy atom. The highest BCUT2D eigenvalue weighted by Crippen LogP contribution is 2.02. The van der Waals surface area contributed by atoms with Gasteiger partial charge in [0, 0.05) is 24.2 Å². The molecule has 0 aromatic heterocycles. The lowest BCUT2D eigenvalue weighted by molar-refractivity contribution is -0.109. The van der Waals surface area contributed by atoms with E-state index >= 15 is 0 Å². The van der Waals surface area contributed by atoms with E-state index in [-0.39, 0.29) is 5.91 Å². The fourth-order valence-electron chi connectivity index (χ4n) is 1.56. The second-order valence-corrected chi connectivity index (χ2v) is 4.29. The van der Waals surface area contributed by atoms with Gasteiger partial charge in [0.1, 0.15) is 6.29 Å². The highest BCUT2D eigenvalue weighted by atomic mass is 16.5. The fourth-order valence-corrected chi connectivity index (χ4v) is 1.56. The van der Waals surface area contributed by atoms with Crippen LogP contribution < -0.4 is 10.6 Å². The van der Waals surface area contributed by atoms with Crippen molar-refractivity contribution in [3.63, 3.8) is 0 Å². The average Bonchev–Trinajstić information content (AvgIpc) is 2.56. The lowest BCUT2D eigenvalue weighted by atomic mass is 10.1. The molecule has 0 unspecified atom stereocenters. The van der Waals surface area contributed by atoms with E-state index in [9.17, 15) is 14.4 Å². The number of carbonyl (C=O) groups is 3. The molecule has 1 rings (SSSR count). The van der Waals surface area contributed by atoms with Crippen LogP contribution in [0, 0.1) is 0 Å². The molecule has 0 saturated heterocycles. The molecule has 0 fully saturated rings. The standard InChI is InChI=1S/C15H20N2O5/c18-11-13-1-3-14(4-2-13)15(20)17-6-8-22-10-9-21-7-5-16-12-19/h1-4,11-12H,5-10H2,(H,16,19)(H,17,20). The number of hydrogen-bond donors (Lipinski definition) is 2. The molecule has 1 aromatic rings. The van der Waals surface area contributed by atoms with Crippen molar-refractivity contribution in [2.75, 3.05) is 39.5 Å². The molecule has 0 aliphatic rings. The maximum Gasteiger partial charge on any atom is 0.251 e. The maximum atomic E-state index is 11.8. The van der Waals surface area contributed by atoms with E-state index in [2.05, 4.69) is 10.6 Å². The third-order valence-electron chi connectivity index (χ3n) is 2.69. The van der Waals surface area contributed by atoms with Crippen LogP contribution in [-0.4, -0.2) is 58.1 Å². The zero-order valence-corrected chi connectivity index (χ0v) is 12.2. The molecule has 0 aliphatic carbocycles. The first-order valence-electron chi connectivity index (χ1n) is 6.94. The van der Waals surface area contributed by atoms with Crippen molar-refractivity contribution >= 4 is 18.6 Å². The monoisotopic (exact) mass is 308 g/mol. The van der Waals surface area contributed by atoms with Crippen molar-refractivity contribution in [2.45, 2.75) is 0 Å². The molecule has 0 saturated carbocycles. The first-order valence-corrected chi connectivity index (χ1v) is 6.94. The number of rotatable bonds is 12. The molecular formula is C15H20N2O5. The normalized spacial score (nSPS) is 10.0. The number of amides is 2. The van der Waals surface area contributed by atoms with Crippen molar-refractivity contribution < 1.29 is 23.9 Å². The fraction of sp³-hybridized carbons (Fsp3) is 0.400. The molecule has 2 amide bonds. The van der Waals surface area contributed by atoms with Gasteiger partial charge in [0.2, 0.25) is 6.41 Å². The predicted octanol–water partition coefficient (Wildman–Crippen LogP) is 0.00810. The van der Waals surface area contributed by atoms with Crippen molar-refractivity contribution in [3.05, 3.63) is 35.4 Å². The van der Waals surface area contributed by atoms with E-state index in [1.807, 2.05) is 0 Å². The van der Waals surface area contributed by atoms with Crippen LogP contribution in [0.15, 0.2) is 24.3 Å². The van der Waals surface area contributed by atoms with Crippen LogP contribution in [-0.2, 0) is 14.3 Å². The van der Waals surface area contributed by atoms with Gasteiger partial charge in [-0.1, -0.05) is 12.1 Å². The minimum atomic E-state index is -0.211. The van der Waals surface area contributed by atoms with Crippen molar-refractivity contribution in [1.29, 1.82) is 0 Å². The largest absolute Gasteiger partial charge is 0.377 e. The molecule has 7 heteroatoms. The summed E-state index contributed by atoms with van der Waals surface area (Å²) in [6.45, 7) is 2.54. The summed E-state index contributed by atoms with van der Waals surface area (Å²) in [4.78, 5) is 32.2. The summed E-state index contributed by atoms with van der Waals surface area (Å²) < 4.78 is 10.5. The van der Waals surface area contributed by atoms with Gasteiger partial charge in [-0.2, -0.15) is 0 Å². The zero-order chi connectivity index (χ0) is 16.0. The van der Waals surface area contributed by atoms with Gasteiger partial charge in [-0.3, -0.25) is 14.4 Å². The van der Waals surface area contributed by atoms with Crippen LogP contribution in [0.2, 0.25) is 0 Å². The second kappa shape index (κ2) is 11.4. The van der Waals surface area contributed by atoms with Crippen LogP contribution in [0.3, 0.4) is 0 Å². The second-order valence-electron chi connectivity index (χ2n) is 4.29. The SMILES string of the molecule is O=CNCCOCCOCCNC(=O)c1ccc(C=O)cc1. The lowest BCUT2D eigenvalue weighted by Crippen LogP contribution is -2.27. The number of nitrogens with one attached hydrogen (secondary N) is 2. The third kappa shape index (κ3) is 7.51. The quantitative estimate of drug-likeness (QED) is 0.419. The highest BCUT2D eigenvalue weighted by molar-refractivity contribution is 5.94. The molecule has 0 radical (unpaired) electrons. The Balaban J connectivity index is 2.03. The Morgan fingerprint density at radius 3 is 2.18 bits per heavy atom. The summed E-state index contributed by atoms with van der Waals surface area (Å²) in [6, 6.07) is 6.38. The molecule has 0 bridgehead atoms. The van der Waals surface area contributed by atoms with Crippen LogP contribution >= 0.6 is 0 Å².